The molecule has 0 saturated heterocycles. The molecule has 0 bridgehead atoms. The molecule has 0 radical (unpaired) electrons. The van der Waals surface area contributed by atoms with E-state index >= 15 is 0 Å². The van der Waals surface area contributed by atoms with Crippen LogP contribution < -0.4 is 5.32 Å². The Hall–Kier alpha value is -1.88. The molecule has 0 fully saturated rings. The van der Waals surface area contributed by atoms with Crippen molar-refractivity contribution in [3.8, 4) is 0 Å². The van der Waals surface area contributed by atoms with Gasteiger partial charge < -0.3 is 10.2 Å². The topological polar surface area (TPSA) is 52.7 Å². The molecule has 0 unspecified atom stereocenters. The van der Waals surface area contributed by atoms with Crippen molar-refractivity contribution in [3.63, 3.8) is 0 Å². The van der Waals surface area contributed by atoms with Gasteiger partial charge in [-0.1, -0.05) is 26.0 Å². The van der Waals surface area contributed by atoms with Gasteiger partial charge in [-0.25, -0.2) is 0 Å². The van der Waals surface area contributed by atoms with Gasteiger partial charge in [0.05, 0.1) is 6.54 Å². The zero-order chi connectivity index (χ0) is 19.0. The van der Waals surface area contributed by atoms with Crippen LogP contribution in [-0.2, 0) is 11.3 Å². The van der Waals surface area contributed by atoms with Gasteiger partial charge in [0.1, 0.15) is 0 Å². The minimum Gasteiger partial charge on any atom is -0.355 e. The van der Waals surface area contributed by atoms with Gasteiger partial charge in [0.2, 0.25) is 5.91 Å². The third kappa shape index (κ3) is 6.16. The lowest BCUT2D eigenvalue weighted by atomic mass is 10.1. The molecule has 0 heterocycles. The summed E-state index contributed by atoms with van der Waals surface area (Å²) in [5.74, 6) is 0.0843. The summed E-state index contributed by atoms with van der Waals surface area (Å²) < 4.78 is 0. The Morgan fingerprint density at radius 2 is 1.56 bits per heavy atom. The van der Waals surface area contributed by atoms with Gasteiger partial charge in [-0.05, 0) is 51.4 Å². The van der Waals surface area contributed by atoms with Gasteiger partial charge in [-0.2, -0.15) is 0 Å². The van der Waals surface area contributed by atoms with E-state index in [9.17, 15) is 9.59 Å². The van der Waals surface area contributed by atoms with E-state index in [1.807, 2.05) is 41.1 Å². The average Bonchev–Trinajstić information content (AvgIpc) is 2.61. The molecule has 1 N–H and O–H groups in total. The smallest absolute Gasteiger partial charge is 0.251 e. The van der Waals surface area contributed by atoms with Crippen LogP contribution in [0.15, 0.2) is 24.3 Å². The lowest BCUT2D eigenvalue weighted by molar-refractivity contribution is -0.136. The Labute approximate surface area is 152 Å². The highest BCUT2D eigenvalue weighted by molar-refractivity contribution is 5.93. The molecule has 5 nitrogen and oxygen atoms in total. The first-order chi connectivity index (χ1) is 11.8. The summed E-state index contributed by atoms with van der Waals surface area (Å²) in [6, 6.07) is 8.01. The molecule has 1 rings (SSSR count). The van der Waals surface area contributed by atoms with E-state index < -0.39 is 0 Å². The van der Waals surface area contributed by atoms with E-state index in [-0.39, 0.29) is 23.9 Å². The summed E-state index contributed by atoms with van der Waals surface area (Å²) in [6.45, 7) is 9.53. The number of likely N-dealkylation sites (N-methyl/N-ethyl adjacent to an activating group) is 1. The molecule has 0 aliphatic carbocycles. The first kappa shape index (κ1) is 21.2. The van der Waals surface area contributed by atoms with E-state index in [0.717, 1.165) is 18.4 Å². The molecule has 2 atom stereocenters. The first-order valence-electron chi connectivity index (χ1n) is 9.14. The van der Waals surface area contributed by atoms with E-state index in [1.54, 1.807) is 7.05 Å². The molecule has 2 amide bonds. The molecule has 1 aromatic rings. The minimum atomic E-state index is -0.0900. The van der Waals surface area contributed by atoms with Crippen LogP contribution in [0, 0.1) is 0 Å². The van der Waals surface area contributed by atoms with Crippen molar-refractivity contribution in [1.29, 1.82) is 0 Å². The Morgan fingerprint density at radius 1 is 1.04 bits per heavy atom. The Balaban J connectivity index is 2.69. The number of carbonyl (C=O) groups excluding carboxylic acids is 2. The molecule has 5 heteroatoms. The Kier molecular flexibility index (Phi) is 8.62. The maximum Gasteiger partial charge on any atom is 0.251 e. The molecule has 1 aromatic carbocycles. The number of benzene rings is 1. The summed E-state index contributed by atoms with van der Waals surface area (Å²) >= 11 is 0. The molecule has 0 spiro atoms. The molecule has 25 heavy (non-hydrogen) atoms. The Bertz CT molecular complexity index is 547. The quantitative estimate of drug-likeness (QED) is 0.747. The summed E-state index contributed by atoms with van der Waals surface area (Å²) in [4.78, 5) is 28.4. The summed E-state index contributed by atoms with van der Waals surface area (Å²) in [5, 5.41) is 2.61. The maximum atomic E-state index is 12.8. The van der Waals surface area contributed by atoms with Crippen LogP contribution in [-0.4, -0.2) is 54.3 Å². The Morgan fingerprint density at radius 3 is 2.00 bits per heavy atom. The van der Waals surface area contributed by atoms with E-state index in [4.69, 9.17) is 0 Å². The van der Waals surface area contributed by atoms with Crippen molar-refractivity contribution in [2.75, 3.05) is 20.6 Å². The van der Waals surface area contributed by atoms with Crippen molar-refractivity contribution in [2.45, 2.75) is 59.2 Å². The number of carbonyl (C=O) groups is 2. The third-order valence-corrected chi connectivity index (χ3v) is 4.72. The fourth-order valence-corrected chi connectivity index (χ4v) is 2.91. The second-order valence-corrected chi connectivity index (χ2v) is 6.76. The van der Waals surface area contributed by atoms with Crippen molar-refractivity contribution in [1.82, 2.24) is 15.1 Å². The van der Waals surface area contributed by atoms with Gasteiger partial charge >= 0.3 is 0 Å². The number of hydrogen-bond donors (Lipinski definition) is 1. The fourth-order valence-electron chi connectivity index (χ4n) is 2.91. The molecule has 0 aliphatic heterocycles. The van der Waals surface area contributed by atoms with Gasteiger partial charge in [-0.15, -0.1) is 0 Å². The predicted molar refractivity (Wildman–Crippen MR) is 103 cm³/mol. The molecule has 0 saturated carbocycles. The highest BCUT2D eigenvalue weighted by Crippen LogP contribution is 2.13. The van der Waals surface area contributed by atoms with Crippen molar-refractivity contribution < 1.29 is 9.59 Å². The van der Waals surface area contributed by atoms with Crippen LogP contribution in [0.3, 0.4) is 0 Å². The largest absolute Gasteiger partial charge is 0.355 e. The fraction of sp³-hybridized carbons (Fsp3) is 0.600. The normalized spacial score (nSPS) is 13.4. The minimum absolute atomic E-state index is 0.0900. The van der Waals surface area contributed by atoms with Gasteiger partial charge in [0.25, 0.3) is 5.91 Å². The third-order valence-electron chi connectivity index (χ3n) is 4.72. The molecule has 140 valence electrons. The van der Waals surface area contributed by atoms with Crippen LogP contribution in [0.5, 0.6) is 0 Å². The highest BCUT2D eigenvalue weighted by Gasteiger charge is 2.24. The van der Waals surface area contributed by atoms with Gasteiger partial charge in [-0.3, -0.25) is 14.5 Å². The van der Waals surface area contributed by atoms with E-state index in [2.05, 4.69) is 33.0 Å². The lowest BCUT2D eigenvalue weighted by Crippen LogP contribution is -2.48. The zero-order valence-electron chi connectivity index (χ0n) is 16.5. The van der Waals surface area contributed by atoms with Crippen LogP contribution in [0.25, 0.3) is 0 Å². The number of amides is 2. The lowest BCUT2D eigenvalue weighted by Gasteiger charge is -2.35. The van der Waals surface area contributed by atoms with Crippen LogP contribution >= 0.6 is 0 Å². The number of rotatable bonds is 9. The van der Waals surface area contributed by atoms with Crippen LogP contribution in [0.2, 0.25) is 0 Å². The number of nitrogens with one attached hydrogen (secondary N) is 1. The summed E-state index contributed by atoms with van der Waals surface area (Å²) in [5.41, 5.74) is 1.73. The average molecular weight is 348 g/mol. The maximum absolute atomic E-state index is 12.8. The van der Waals surface area contributed by atoms with Crippen molar-refractivity contribution >= 4 is 11.8 Å². The van der Waals surface area contributed by atoms with Gasteiger partial charge in [0, 0.05) is 31.2 Å². The second-order valence-electron chi connectivity index (χ2n) is 6.76. The second kappa shape index (κ2) is 10.2. The highest BCUT2D eigenvalue weighted by atomic mass is 16.2. The summed E-state index contributed by atoms with van der Waals surface area (Å²) in [6.07, 6.45) is 1.92. The standard InChI is InChI=1S/C20H33N3O2/c1-7-15(3)23(16(4)8-2)19(24)14-22(6)13-17-9-11-18(12-10-17)20(25)21-5/h9-12,15-16H,7-8,13-14H2,1-6H3,(H,21,25)/t15-,16+. The van der Waals surface area contributed by atoms with Crippen LogP contribution in [0.4, 0.5) is 0 Å². The monoisotopic (exact) mass is 347 g/mol. The summed E-state index contributed by atoms with van der Waals surface area (Å²) in [7, 11) is 3.58. The molecule has 0 aromatic heterocycles. The van der Waals surface area contributed by atoms with Gasteiger partial charge in [0.15, 0.2) is 0 Å². The molecular weight excluding hydrogens is 314 g/mol. The first-order valence-corrected chi connectivity index (χ1v) is 9.14. The molecule has 0 aliphatic rings. The van der Waals surface area contributed by atoms with E-state index in [0.29, 0.717) is 18.7 Å². The zero-order valence-corrected chi connectivity index (χ0v) is 16.5. The SMILES string of the molecule is CC[C@@H](C)N(C(=O)CN(C)Cc1ccc(C(=O)NC)cc1)[C@@H](C)CC. The van der Waals surface area contributed by atoms with Crippen molar-refractivity contribution in [2.24, 2.45) is 0 Å². The van der Waals surface area contributed by atoms with E-state index in [1.165, 1.54) is 0 Å². The predicted octanol–water partition coefficient (Wildman–Crippen LogP) is 2.90. The van der Waals surface area contributed by atoms with Crippen LogP contribution in [0.1, 0.15) is 56.5 Å². The number of nitrogens with zero attached hydrogens (tertiary/aromatic N) is 2. The van der Waals surface area contributed by atoms with Crippen molar-refractivity contribution in [3.05, 3.63) is 35.4 Å². The number of hydrogen-bond acceptors (Lipinski definition) is 3. The molecular formula is C20H33N3O2.